The highest BCUT2D eigenvalue weighted by atomic mass is 35.5. The van der Waals surface area contributed by atoms with Crippen LogP contribution in [0.4, 0.5) is 23.7 Å². The summed E-state index contributed by atoms with van der Waals surface area (Å²) in [6, 6.07) is 3.35. The van der Waals surface area contributed by atoms with Crippen molar-refractivity contribution < 1.29 is 22.8 Å². The number of likely N-dealkylation sites (N-methyl/N-ethyl adjacent to an activating group) is 1. The van der Waals surface area contributed by atoms with E-state index in [1.165, 1.54) is 6.07 Å². The van der Waals surface area contributed by atoms with Crippen LogP contribution in [-0.4, -0.2) is 86.0 Å². The average molecular weight is 478 g/mol. The molecule has 3 amide bonds. The number of urea groups is 1. The number of anilines is 1. The van der Waals surface area contributed by atoms with Gasteiger partial charge < -0.3 is 20.4 Å². The van der Waals surface area contributed by atoms with Crippen LogP contribution in [0.5, 0.6) is 0 Å². The highest BCUT2D eigenvalue weighted by Crippen LogP contribution is 2.36. The Labute approximate surface area is 191 Å². The maximum Gasteiger partial charge on any atom is 0.417 e. The zero-order valence-electron chi connectivity index (χ0n) is 18.8. The normalized spacial score (nSPS) is 16.4. The molecule has 1 aliphatic heterocycles. The summed E-state index contributed by atoms with van der Waals surface area (Å²) in [6.07, 6.45) is -4.60. The van der Waals surface area contributed by atoms with Crippen molar-refractivity contribution >= 4 is 29.2 Å². The van der Waals surface area contributed by atoms with Crippen molar-refractivity contribution in [3.05, 3.63) is 28.8 Å². The molecule has 11 heteroatoms. The largest absolute Gasteiger partial charge is 0.417 e. The Hall–Kier alpha value is -2.04. The summed E-state index contributed by atoms with van der Waals surface area (Å²) in [5.41, 5.74) is -0.962. The third-order valence-corrected chi connectivity index (χ3v) is 5.81. The Morgan fingerprint density at radius 2 is 1.78 bits per heavy atom. The van der Waals surface area contributed by atoms with Crippen LogP contribution in [0.1, 0.15) is 19.4 Å². The molecule has 1 aliphatic rings. The van der Waals surface area contributed by atoms with Crippen LogP contribution in [0.2, 0.25) is 5.02 Å². The number of nitrogens with one attached hydrogen (secondary N) is 2. The molecule has 1 aromatic carbocycles. The number of piperazine rings is 1. The Kier molecular flexibility index (Phi) is 9.18. The molecule has 1 heterocycles. The number of alkyl halides is 3. The minimum Gasteiger partial charge on any atom is -0.336 e. The zero-order chi connectivity index (χ0) is 24.1. The predicted molar refractivity (Wildman–Crippen MR) is 119 cm³/mol. The van der Waals surface area contributed by atoms with E-state index in [0.717, 1.165) is 12.1 Å². The maximum atomic E-state index is 13.0. The molecule has 1 fully saturated rings. The van der Waals surface area contributed by atoms with Gasteiger partial charge in [0.25, 0.3) is 0 Å². The molecule has 32 heavy (non-hydrogen) atoms. The van der Waals surface area contributed by atoms with Gasteiger partial charge in [-0.3, -0.25) is 9.69 Å². The Morgan fingerprint density at radius 3 is 2.31 bits per heavy atom. The number of carbonyl (C=O) groups excluding carboxylic acids is 2. The topological polar surface area (TPSA) is 67.9 Å². The number of benzene rings is 1. The lowest BCUT2D eigenvalue weighted by Gasteiger charge is -2.35. The van der Waals surface area contributed by atoms with Gasteiger partial charge >= 0.3 is 12.2 Å². The molecule has 1 saturated heterocycles. The van der Waals surface area contributed by atoms with E-state index in [1.54, 1.807) is 4.90 Å². The van der Waals surface area contributed by atoms with E-state index in [4.69, 9.17) is 11.6 Å². The van der Waals surface area contributed by atoms with Crippen molar-refractivity contribution in [1.82, 2.24) is 20.0 Å². The molecule has 0 radical (unpaired) electrons. The van der Waals surface area contributed by atoms with Crippen LogP contribution < -0.4 is 10.6 Å². The quantitative estimate of drug-likeness (QED) is 0.633. The smallest absolute Gasteiger partial charge is 0.336 e. The molecule has 0 spiro atoms. The highest BCUT2D eigenvalue weighted by molar-refractivity contribution is 6.31. The van der Waals surface area contributed by atoms with Crippen molar-refractivity contribution in [3.63, 3.8) is 0 Å². The summed E-state index contributed by atoms with van der Waals surface area (Å²) in [4.78, 5) is 30.4. The second-order valence-electron chi connectivity index (χ2n) is 8.46. The van der Waals surface area contributed by atoms with E-state index in [-0.39, 0.29) is 24.3 Å². The number of nitrogens with zero attached hydrogens (tertiary/aromatic N) is 3. The molecular formula is C21H31ClF3N5O2. The second kappa shape index (κ2) is 11.2. The summed E-state index contributed by atoms with van der Waals surface area (Å²) in [6.45, 7) is 6.71. The first kappa shape index (κ1) is 26.2. The van der Waals surface area contributed by atoms with Crippen molar-refractivity contribution in [1.29, 1.82) is 0 Å². The molecule has 0 saturated carbocycles. The van der Waals surface area contributed by atoms with Crippen molar-refractivity contribution in [2.24, 2.45) is 5.92 Å². The number of amides is 3. The van der Waals surface area contributed by atoms with E-state index in [9.17, 15) is 22.8 Å². The Balaban J connectivity index is 1.81. The SMILES string of the molecule is CC(C)[C@@H](CNC(=O)N1CCN(CC(=O)Nc2ccc(Cl)c(C(F)(F)F)c2)CC1)N(C)C. The summed E-state index contributed by atoms with van der Waals surface area (Å²) in [7, 11) is 3.96. The highest BCUT2D eigenvalue weighted by Gasteiger charge is 2.33. The van der Waals surface area contributed by atoms with Crippen molar-refractivity contribution in [3.8, 4) is 0 Å². The minimum atomic E-state index is -4.60. The van der Waals surface area contributed by atoms with E-state index in [0.29, 0.717) is 38.6 Å². The fraction of sp³-hybridized carbons (Fsp3) is 0.619. The molecule has 0 aliphatic carbocycles. The molecule has 0 unspecified atom stereocenters. The number of carbonyl (C=O) groups is 2. The first-order valence-corrected chi connectivity index (χ1v) is 10.8. The van der Waals surface area contributed by atoms with Crippen LogP contribution in [0.25, 0.3) is 0 Å². The van der Waals surface area contributed by atoms with Gasteiger partial charge in [0.15, 0.2) is 0 Å². The summed E-state index contributed by atoms with van der Waals surface area (Å²) >= 11 is 5.60. The molecule has 180 valence electrons. The third-order valence-electron chi connectivity index (χ3n) is 5.48. The summed E-state index contributed by atoms with van der Waals surface area (Å²) < 4.78 is 38.9. The van der Waals surface area contributed by atoms with Gasteiger partial charge in [-0.2, -0.15) is 13.2 Å². The molecule has 7 nitrogen and oxygen atoms in total. The Morgan fingerprint density at radius 1 is 1.16 bits per heavy atom. The molecule has 2 N–H and O–H groups in total. The third kappa shape index (κ3) is 7.53. The van der Waals surface area contributed by atoms with Gasteiger partial charge in [0, 0.05) is 44.5 Å². The van der Waals surface area contributed by atoms with Gasteiger partial charge in [0.2, 0.25) is 5.91 Å². The molecule has 0 aromatic heterocycles. The van der Waals surface area contributed by atoms with Crippen LogP contribution in [-0.2, 0) is 11.0 Å². The van der Waals surface area contributed by atoms with Crippen LogP contribution >= 0.6 is 11.6 Å². The average Bonchev–Trinajstić information content (AvgIpc) is 2.68. The first-order chi connectivity index (χ1) is 14.9. The molecule has 0 bridgehead atoms. The molecule has 2 rings (SSSR count). The van der Waals surface area contributed by atoms with E-state index < -0.39 is 22.7 Å². The number of hydrogen-bond acceptors (Lipinski definition) is 4. The van der Waals surface area contributed by atoms with Crippen molar-refractivity contribution in [2.45, 2.75) is 26.1 Å². The minimum absolute atomic E-state index is 0.0233. The van der Waals surface area contributed by atoms with Gasteiger partial charge in [-0.05, 0) is 38.2 Å². The molecular weight excluding hydrogens is 447 g/mol. The lowest BCUT2D eigenvalue weighted by Crippen LogP contribution is -2.54. The predicted octanol–water partition coefficient (Wildman–Crippen LogP) is 3.21. The zero-order valence-corrected chi connectivity index (χ0v) is 19.6. The van der Waals surface area contributed by atoms with E-state index in [2.05, 4.69) is 29.4 Å². The number of hydrogen-bond donors (Lipinski definition) is 2. The fourth-order valence-electron chi connectivity index (χ4n) is 3.65. The van der Waals surface area contributed by atoms with Gasteiger partial charge in [-0.25, -0.2) is 4.79 Å². The second-order valence-corrected chi connectivity index (χ2v) is 8.87. The van der Waals surface area contributed by atoms with Gasteiger partial charge in [0.05, 0.1) is 17.1 Å². The number of rotatable bonds is 7. The van der Waals surface area contributed by atoms with Crippen LogP contribution in [0.15, 0.2) is 18.2 Å². The van der Waals surface area contributed by atoms with E-state index >= 15 is 0 Å². The van der Waals surface area contributed by atoms with Gasteiger partial charge in [0.1, 0.15) is 0 Å². The lowest BCUT2D eigenvalue weighted by molar-refractivity contribution is -0.137. The summed E-state index contributed by atoms with van der Waals surface area (Å²) in [5, 5.41) is 5.03. The molecule has 1 aromatic rings. The van der Waals surface area contributed by atoms with Crippen LogP contribution in [0.3, 0.4) is 0 Å². The lowest BCUT2D eigenvalue weighted by atomic mass is 10.0. The summed E-state index contributed by atoms with van der Waals surface area (Å²) in [5.74, 6) is -0.0300. The fourth-order valence-corrected chi connectivity index (χ4v) is 3.88. The first-order valence-electron chi connectivity index (χ1n) is 10.5. The van der Waals surface area contributed by atoms with Crippen LogP contribution in [0, 0.1) is 5.92 Å². The molecule has 1 atom stereocenters. The van der Waals surface area contributed by atoms with Gasteiger partial charge in [-0.15, -0.1) is 0 Å². The Bertz CT molecular complexity index is 788. The maximum absolute atomic E-state index is 13.0. The van der Waals surface area contributed by atoms with Gasteiger partial charge in [-0.1, -0.05) is 25.4 Å². The monoisotopic (exact) mass is 477 g/mol. The number of halogens is 4. The van der Waals surface area contributed by atoms with E-state index in [1.807, 2.05) is 19.0 Å². The standard InChI is InChI=1S/C21H31ClF3N5O2/c1-14(2)18(28(3)4)12-26-20(32)30-9-7-29(8-10-30)13-19(31)27-15-5-6-17(22)16(11-15)21(23,24)25/h5-6,11,14,18H,7-10,12-13H2,1-4H3,(H,26,32)(H,27,31)/t18-/m1/s1. The van der Waals surface area contributed by atoms with Crippen molar-refractivity contribution in [2.75, 3.05) is 58.7 Å².